The van der Waals surface area contributed by atoms with Crippen molar-refractivity contribution in [2.75, 3.05) is 7.11 Å². The van der Waals surface area contributed by atoms with Crippen LogP contribution in [0, 0.1) is 5.92 Å². The van der Waals surface area contributed by atoms with Crippen molar-refractivity contribution in [2.24, 2.45) is 5.92 Å². The van der Waals surface area contributed by atoms with Gasteiger partial charge in [-0.3, -0.25) is 4.79 Å². The Bertz CT molecular complexity index is 468. The van der Waals surface area contributed by atoms with E-state index in [-0.39, 0.29) is 11.7 Å². The van der Waals surface area contributed by atoms with Crippen molar-refractivity contribution in [1.82, 2.24) is 0 Å². The van der Waals surface area contributed by atoms with Gasteiger partial charge >= 0.3 is 12.1 Å². The second-order valence-electron chi connectivity index (χ2n) is 4.28. The number of hydrogen-bond acceptors (Lipinski definition) is 6. The molecule has 20 heavy (non-hydrogen) atoms. The lowest BCUT2D eigenvalue weighted by atomic mass is 10.2. The third-order valence-electron chi connectivity index (χ3n) is 2.28. The molecule has 0 N–H and O–H groups in total. The highest BCUT2D eigenvalue weighted by atomic mass is 16.8. The van der Waals surface area contributed by atoms with Crippen molar-refractivity contribution in [3.63, 3.8) is 0 Å². The zero-order valence-corrected chi connectivity index (χ0v) is 11.9. The first kappa shape index (κ1) is 15.8. The van der Waals surface area contributed by atoms with Gasteiger partial charge in [0.05, 0.1) is 13.0 Å². The molecule has 0 spiro atoms. The minimum absolute atomic E-state index is 0.224. The minimum Gasteiger partial charge on any atom is -0.493 e. The number of hydrogen-bond donors (Lipinski definition) is 0. The summed E-state index contributed by atoms with van der Waals surface area (Å²) in [6.07, 6.45) is -1.99. The van der Waals surface area contributed by atoms with E-state index >= 15 is 0 Å². The lowest BCUT2D eigenvalue weighted by Gasteiger charge is -2.15. The summed E-state index contributed by atoms with van der Waals surface area (Å²) >= 11 is 0. The fourth-order valence-corrected chi connectivity index (χ4v) is 1.28. The Morgan fingerprint density at radius 3 is 2.15 bits per heavy atom. The molecule has 0 aliphatic rings. The number of ether oxygens (including phenoxy) is 4. The molecule has 0 amide bonds. The molecule has 0 unspecified atom stereocenters. The topological polar surface area (TPSA) is 71.1 Å². The van der Waals surface area contributed by atoms with E-state index < -0.39 is 18.4 Å². The maximum Gasteiger partial charge on any atom is 0.517 e. The third-order valence-corrected chi connectivity index (χ3v) is 2.28. The summed E-state index contributed by atoms with van der Waals surface area (Å²) in [5.41, 5.74) is 0. The highest BCUT2D eigenvalue weighted by Gasteiger charge is 2.18. The maximum atomic E-state index is 11.6. The van der Waals surface area contributed by atoms with Gasteiger partial charge in [-0.2, -0.15) is 0 Å². The van der Waals surface area contributed by atoms with Gasteiger partial charge in [-0.25, -0.2) is 4.79 Å². The number of benzene rings is 1. The van der Waals surface area contributed by atoms with E-state index in [1.165, 1.54) is 14.0 Å². The predicted octanol–water partition coefficient (Wildman–Crippen LogP) is 2.76. The second kappa shape index (κ2) is 7.37. The van der Waals surface area contributed by atoms with Gasteiger partial charge in [-0.1, -0.05) is 26.0 Å². The van der Waals surface area contributed by atoms with E-state index in [1.54, 1.807) is 38.1 Å². The zero-order valence-electron chi connectivity index (χ0n) is 11.9. The molecular formula is C14H18O6. The standard InChI is InChI=1S/C14H18O6/c1-9(2)13(15)18-10(3)19-14(16)20-12-8-6-5-7-11(12)17-4/h5-10H,1-4H3/t10-/m1/s1. The van der Waals surface area contributed by atoms with Crippen LogP contribution in [0.2, 0.25) is 0 Å². The Morgan fingerprint density at radius 2 is 1.60 bits per heavy atom. The summed E-state index contributed by atoms with van der Waals surface area (Å²) in [4.78, 5) is 22.9. The summed E-state index contributed by atoms with van der Waals surface area (Å²) in [7, 11) is 1.46. The SMILES string of the molecule is COc1ccccc1OC(=O)O[C@H](C)OC(=O)C(C)C. The van der Waals surface area contributed by atoms with E-state index in [1.807, 2.05) is 0 Å². The number of carbonyl (C=O) groups is 2. The summed E-state index contributed by atoms with van der Waals surface area (Å²) in [5, 5.41) is 0. The van der Waals surface area contributed by atoms with Gasteiger partial charge in [-0.05, 0) is 12.1 Å². The van der Waals surface area contributed by atoms with E-state index in [4.69, 9.17) is 18.9 Å². The van der Waals surface area contributed by atoms with E-state index in [0.29, 0.717) is 5.75 Å². The highest BCUT2D eigenvalue weighted by molar-refractivity contribution is 5.72. The Morgan fingerprint density at radius 1 is 1.00 bits per heavy atom. The molecule has 1 rings (SSSR count). The van der Waals surface area contributed by atoms with Crippen molar-refractivity contribution in [3.05, 3.63) is 24.3 Å². The van der Waals surface area contributed by atoms with Crippen LogP contribution in [-0.4, -0.2) is 25.5 Å². The molecule has 0 bridgehead atoms. The third kappa shape index (κ3) is 4.79. The van der Waals surface area contributed by atoms with Gasteiger partial charge in [0.15, 0.2) is 11.5 Å². The molecule has 110 valence electrons. The van der Waals surface area contributed by atoms with Crippen LogP contribution in [0.1, 0.15) is 20.8 Å². The molecule has 0 saturated carbocycles. The number of carbonyl (C=O) groups excluding carboxylic acids is 2. The largest absolute Gasteiger partial charge is 0.517 e. The van der Waals surface area contributed by atoms with Crippen LogP contribution < -0.4 is 9.47 Å². The van der Waals surface area contributed by atoms with Crippen molar-refractivity contribution in [1.29, 1.82) is 0 Å². The smallest absolute Gasteiger partial charge is 0.493 e. The average Bonchev–Trinajstić information content (AvgIpc) is 2.38. The number of methoxy groups -OCH3 is 1. The second-order valence-corrected chi connectivity index (χ2v) is 4.28. The highest BCUT2D eigenvalue weighted by Crippen LogP contribution is 2.26. The molecular weight excluding hydrogens is 264 g/mol. The molecule has 0 fully saturated rings. The van der Waals surface area contributed by atoms with Gasteiger partial charge in [0.2, 0.25) is 6.29 Å². The molecule has 0 aromatic heterocycles. The van der Waals surface area contributed by atoms with Gasteiger partial charge in [0, 0.05) is 6.92 Å². The molecule has 6 nitrogen and oxygen atoms in total. The first-order valence-electron chi connectivity index (χ1n) is 6.16. The van der Waals surface area contributed by atoms with E-state index in [0.717, 1.165) is 0 Å². The fraction of sp³-hybridized carbons (Fsp3) is 0.429. The molecule has 0 saturated heterocycles. The maximum absolute atomic E-state index is 11.6. The van der Waals surface area contributed by atoms with Crippen LogP contribution in [0.5, 0.6) is 11.5 Å². The summed E-state index contributed by atoms with van der Waals surface area (Å²) in [6.45, 7) is 4.80. The van der Waals surface area contributed by atoms with Crippen molar-refractivity contribution >= 4 is 12.1 Å². The van der Waals surface area contributed by atoms with Crippen LogP contribution >= 0.6 is 0 Å². The quantitative estimate of drug-likeness (QED) is 0.470. The normalized spacial score (nSPS) is 11.7. The molecule has 0 heterocycles. The Hall–Kier alpha value is -2.24. The lowest BCUT2D eigenvalue weighted by Crippen LogP contribution is -2.25. The Labute approximate surface area is 117 Å². The molecule has 1 atom stereocenters. The van der Waals surface area contributed by atoms with Crippen molar-refractivity contribution in [2.45, 2.75) is 27.1 Å². The zero-order chi connectivity index (χ0) is 15.1. The molecule has 6 heteroatoms. The molecule has 0 radical (unpaired) electrons. The Kier molecular flexibility index (Phi) is 5.83. The fourth-order valence-electron chi connectivity index (χ4n) is 1.28. The van der Waals surface area contributed by atoms with Gasteiger partial charge in [0.1, 0.15) is 0 Å². The van der Waals surface area contributed by atoms with Crippen LogP contribution in [0.4, 0.5) is 4.79 Å². The van der Waals surface area contributed by atoms with Crippen LogP contribution in [0.3, 0.4) is 0 Å². The molecule has 1 aromatic rings. The van der Waals surface area contributed by atoms with Gasteiger partial charge < -0.3 is 18.9 Å². The van der Waals surface area contributed by atoms with Crippen molar-refractivity contribution in [3.8, 4) is 11.5 Å². The van der Waals surface area contributed by atoms with Crippen LogP contribution in [0.15, 0.2) is 24.3 Å². The Balaban J connectivity index is 2.53. The monoisotopic (exact) mass is 282 g/mol. The number of esters is 1. The minimum atomic E-state index is -1.02. The van der Waals surface area contributed by atoms with Gasteiger partial charge in [-0.15, -0.1) is 0 Å². The molecule has 1 aromatic carbocycles. The first-order chi connectivity index (χ1) is 9.43. The van der Waals surface area contributed by atoms with E-state index in [2.05, 4.69) is 0 Å². The number of para-hydroxylation sites is 2. The van der Waals surface area contributed by atoms with E-state index in [9.17, 15) is 9.59 Å². The molecule has 0 aliphatic heterocycles. The number of rotatable bonds is 5. The van der Waals surface area contributed by atoms with Crippen LogP contribution in [0.25, 0.3) is 0 Å². The van der Waals surface area contributed by atoms with Gasteiger partial charge in [0.25, 0.3) is 0 Å². The molecule has 0 aliphatic carbocycles. The predicted molar refractivity (Wildman–Crippen MR) is 70.5 cm³/mol. The summed E-state index contributed by atoms with van der Waals surface area (Å²) in [6, 6.07) is 6.63. The lowest BCUT2D eigenvalue weighted by molar-refractivity contribution is -0.170. The van der Waals surface area contributed by atoms with Crippen LogP contribution in [-0.2, 0) is 14.3 Å². The van der Waals surface area contributed by atoms with Crippen molar-refractivity contribution < 1.29 is 28.5 Å². The summed E-state index contributed by atoms with van der Waals surface area (Å²) in [5.74, 6) is -0.132. The average molecular weight is 282 g/mol. The first-order valence-corrected chi connectivity index (χ1v) is 6.16. The summed E-state index contributed by atoms with van der Waals surface area (Å²) < 4.78 is 19.7.